The maximum atomic E-state index is 12.8. The Hall–Kier alpha value is -3.76. The maximum Gasteiger partial charge on any atom is 0.263 e. The van der Waals surface area contributed by atoms with Gasteiger partial charge >= 0.3 is 0 Å². The van der Waals surface area contributed by atoms with E-state index in [1.165, 1.54) is 13.1 Å². The number of hydrazone groups is 1. The number of carbonyl (C=O) groups is 1. The highest BCUT2D eigenvalue weighted by Gasteiger charge is 2.29. The lowest BCUT2D eigenvalue weighted by Gasteiger charge is -2.27. The topological polar surface area (TPSA) is 107 Å². The molecule has 3 aromatic rings. The fourth-order valence-corrected chi connectivity index (χ4v) is 5.10. The zero-order valence-corrected chi connectivity index (χ0v) is 23.8. The fraction of sp³-hybridized carbons (Fsp3) is 0.286. The Labute approximate surface area is 234 Å². The van der Waals surface area contributed by atoms with E-state index in [2.05, 4.69) is 10.5 Å². The summed E-state index contributed by atoms with van der Waals surface area (Å²) in [7, 11) is -3.77. The van der Waals surface area contributed by atoms with E-state index in [9.17, 15) is 13.2 Å². The Kier molecular flexibility index (Phi) is 10.6. The number of amides is 1. The molecule has 0 aliphatic heterocycles. The minimum absolute atomic E-state index is 0.313. The van der Waals surface area contributed by atoms with Gasteiger partial charge in [0.25, 0.3) is 5.91 Å². The molecule has 11 heteroatoms. The Morgan fingerprint density at radius 3 is 2.36 bits per heavy atom. The van der Waals surface area contributed by atoms with Gasteiger partial charge in [0.15, 0.2) is 11.5 Å². The van der Waals surface area contributed by atoms with Crippen molar-refractivity contribution in [3.8, 4) is 17.2 Å². The van der Waals surface area contributed by atoms with Gasteiger partial charge in [0.05, 0.1) is 31.4 Å². The molecule has 0 fully saturated rings. The maximum absolute atomic E-state index is 12.8. The van der Waals surface area contributed by atoms with Gasteiger partial charge in [-0.1, -0.05) is 23.7 Å². The van der Waals surface area contributed by atoms with Crippen molar-refractivity contribution in [2.75, 3.05) is 23.8 Å². The normalized spacial score (nSPS) is 12.1. The summed E-state index contributed by atoms with van der Waals surface area (Å²) in [4.78, 5) is 12.8. The number of rotatable bonds is 13. The smallest absolute Gasteiger partial charge is 0.263 e. The Morgan fingerprint density at radius 1 is 1.00 bits per heavy atom. The molecule has 0 unspecified atom stereocenters. The van der Waals surface area contributed by atoms with Gasteiger partial charge in [0.2, 0.25) is 10.0 Å². The van der Waals surface area contributed by atoms with Gasteiger partial charge in [-0.3, -0.25) is 9.10 Å². The zero-order chi connectivity index (χ0) is 28.4. The first kappa shape index (κ1) is 29.8. The molecule has 39 heavy (non-hydrogen) atoms. The molecule has 1 amide bonds. The zero-order valence-electron chi connectivity index (χ0n) is 22.3. The van der Waals surface area contributed by atoms with Crippen LogP contribution in [0.25, 0.3) is 0 Å². The Bertz CT molecular complexity index is 1400. The van der Waals surface area contributed by atoms with Crippen LogP contribution in [-0.4, -0.2) is 46.1 Å². The van der Waals surface area contributed by atoms with Crippen LogP contribution < -0.4 is 23.9 Å². The molecule has 3 aromatic carbocycles. The molecule has 0 radical (unpaired) electrons. The molecule has 0 bridgehead atoms. The molecule has 0 aliphatic rings. The van der Waals surface area contributed by atoms with Crippen LogP contribution in [0.2, 0.25) is 5.02 Å². The van der Waals surface area contributed by atoms with Gasteiger partial charge in [0, 0.05) is 5.02 Å². The van der Waals surface area contributed by atoms with Gasteiger partial charge in [-0.15, -0.1) is 0 Å². The first-order chi connectivity index (χ1) is 18.6. The van der Waals surface area contributed by atoms with Crippen LogP contribution in [0.1, 0.15) is 31.9 Å². The first-order valence-corrected chi connectivity index (χ1v) is 14.5. The number of nitrogens with one attached hydrogen (secondary N) is 1. The van der Waals surface area contributed by atoms with Crippen molar-refractivity contribution in [2.45, 2.75) is 33.4 Å². The van der Waals surface area contributed by atoms with E-state index in [4.69, 9.17) is 25.8 Å². The summed E-state index contributed by atoms with van der Waals surface area (Å²) in [5.41, 5.74) is 4.32. The van der Waals surface area contributed by atoms with Crippen molar-refractivity contribution >= 4 is 39.4 Å². The van der Waals surface area contributed by atoms with E-state index in [0.717, 1.165) is 16.1 Å². The summed E-state index contributed by atoms with van der Waals surface area (Å²) in [6.45, 7) is 6.42. The van der Waals surface area contributed by atoms with Crippen LogP contribution >= 0.6 is 11.6 Å². The van der Waals surface area contributed by atoms with Gasteiger partial charge < -0.3 is 14.2 Å². The standard InChI is InChI=1S/C28H32ClN3O6S/c1-5-36-25-13-11-24(12-14-25)32(39(4,34)35)20(3)28(33)31-30-18-21-10-15-26(27(17-21)37-6-2)38-19-22-8-7-9-23(29)16-22/h7-18,20H,5-6,19H2,1-4H3,(H,31,33)/b30-18-/t20-/m1/s1. The van der Waals surface area contributed by atoms with Crippen molar-refractivity contribution in [1.82, 2.24) is 5.43 Å². The molecule has 0 saturated heterocycles. The predicted molar refractivity (Wildman–Crippen MR) is 154 cm³/mol. The third kappa shape index (κ3) is 8.62. The quantitative estimate of drug-likeness (QED) is 0.227. The molecule has 1 N–H and O–H groups in total. The summed E-state index contributed by atoms with van der Waals surface area (Å²) in [5.74, 6) is 1.06. The second-order valence-electron chi connectivity index (χ2n) is 8.45. The summed E-state index contributed by atoms with van der Waals surface area (Å²) in [6, 6.07) is 18.1. The summed E-state index contributed by atoms with van der Waals surface area (Å²) in [5, 5.41) is 4.64. The highest BCUT2D eigenvalue weighted by molar-refractivity contribution is 7.92. The number of nitrogens with zero attached hydrogens (tertiary/aromatic N) is 2. The highest BCUT2D eigenvalue weighted by Crippen LogP contribution is 2.29. The molecular formula is C28H32ClN3O6S. The monoisotopic (exact) mass is 573 g/mol. The van der Waals surface area contributed by atoms with Gasteiger partial charge in [-0.05, 0) is 86.5 Å². The van der Waals surface area contributed by atoms with Crippen molar-refractivity contribution in [2.24, 2.45) is 5.10 Å². The fourth-order valence-electron chi connectivity index (χ4n) is 3.71. The number of carbonyl (C=O) groups excluding carboxylic acids is 1. The van der Waals surface area contributed by atoms with Crippen molar-refractivity contribution in [3.63, 3.8) is 0 Å². The van der Waals surface area contributed by atoms with Crippen LogP contribution in [0.3, 0.4) is 0 Å². The molecular weight excluding hydrogens is 542 g/mol. The van der Waals surface area contributed by atoms with E-state index in [-0.39, 0.29) is 0 Å². The summed E-state index contributed by atoms with van der Waals surface area (Å²) >= 11 is 6.04. The molecule has 3 rings (SSSR count). The van der Waals surface area contributed by atoms with Gasteiger partial charge in [-0.2, -0.15) is 5.10 Å². The Balaban J connectivity index is 1.69. The van der Waals surface area contributed by atoms with Crippen LogP contribution in [-0.2, 0) is 21.4 Å². The lowest BCUT2D eigenvalue weighted by atomic mass is 10.2. The lowest BCUT2D eigenvalue weighted by molar-refractivity contribution is -0.121. The average molecular weight is 574 g/mol. The number of sulfonamides is 1. The predicted octanol–water partition coefficient (Wildman–Crippen LogP) is 5.02. The molecule has 0 aromatic heterocycles. The lowest BCUT2D eigenvalue weighted by Crippen LogP contribution is -2.46. The van der Waals surface area contributed by atoms with Crippen LogP contribution in [0, 0.1) is 0 Å². The second kappa shape index (κ2) is 13.9. The van der Waals surface area contributed by atoms with Crippen LogP contribution in [0.15, 0.2) is 71.8 Å². The van der Waals surface area contributed by atoms with Crippen LogP contribution in [0.5, 0.6) is 17.2 Å². The largest absolute Gasteiger partial charge is 0.494 e. The number of benzene rings is 3. The first-order valence-electron chi connectivity index (χ1n) is 12.3. The van der Waals surface area contributed by atoms with Crippen LogP contribution in [0.4, 0.5) is 5.69 Å². The molecule has 0 aliphatic carbocycles. The van der Waals surface area contributed by atoms with E-state index >= 15 is 0 Å². The number of hydrogen-bond donors (Lipinski definition) is 1. The van der Waals surface area contributed by atoms with Gasteiger partial charge in [-0.25, -0.2) is 13.8 Å². The highest BCUT2D eigenvalue weighted by atomic mass is 35.5. The third-order valence-electron chi connectivity index (χ3n) is 5.43. The molecule has 0 heterocycles. The minimum atomic E-state index is -3.77. The minimum Gasteiger partial charge on any atom is -0.494 e. The average Bonchev–Trinajstić information content (AvgIpc) is 2.89. The van der Waals surface area contributed by atoms with Crippen molar-refractivity contribution in [3.05, 3.63) is 82.9 Å². The van der Waals surface area contributed by atoms with Gasteiger partial charge in [0.1, 0.15) is 18.4 Å². The molecule has 208 valence electrons. The number of halogens is 1. The molecule has 0 saturated carbocycles. The second-order valence-corrected chi connectivity index (χ2v) is 10.7. The van der Waals surface area contributed by atoms with E-state index < -0.39 is 22.0 Å². The summed E-state index contributed by atoms with van der Waals surface area (Å²) in [6.07, 6.45) is 2.48. The van der Waals surface area contributed by atoms with E-state index in [0.29, 0.717) is 53.3 Å². The van der Waals surface area contributed by atoms with Crippen molar-refractivity contribution in [1.29, 1.82) is 0 Å². The molecule has 9 nitrogen and oxygen atoms in total. The van der Waals surface area contributed by atoms with E-state index in [1.807, 2.05) is 32.0 Å². The van der Waals surface area contributed by atoms with Crippen molar-refractivity contribution < 1.29 is 27.4 Å². The van der Waals surface area contributed by atoms with E-state index in [1.54, 1.807) is 48.5 Å². The SMILES string of the molecule is CCOc1ccc(N([C@H](C)C(=O)N/N=C\c2ccc(OCc3cccc(Cl)c3)c(OCC)c2)S(C)(=O)=O)cc1. The molecule has 0 spiro atoms. The third-order valence-corrected chi connectivity index (χ3v) is 6.91. The number of hydrogen-bond acceptors (Lipinski definition) is 7. The summed E-state index contributed by atoms with van der Waals surface area (Å²) < 4.78 is 43.1. The molecule has 1 atom stereocenters. The number of ether oxygens (including phenoxy) is 3. The number of anilines is 1. The Morgan fingerprint density at radius 2 is 1.72 bits per heavy atom.